The van der Waals surface area contributed by atoms with Crippen LogP contribution in [0.25, 0.3) is 0 Å². The second-order valence-electron chi connectivity index (χ2n) is 5.00. The van der Waals surface area contributed by atoms with Gasteiger partial charge < -0.3 is 14.6 Å². The van der Waals surface area contributed by atoms with E-state index in [1.54, 1.807) is 6.92 Å². The topological polar surface area (TPSA) is 159 Å². The molecule has 0 atom stereocenters. The van der Waals surface area contributed by atoms with Crippen LogP contribution in [0.15, 0.2) is 36.4 Å². The van der Waals surface area contributed by atoms with Gasteiger partial charge in [0.1, 0.15) is 5.75 Å². The van der Waals surface area contributed by atoms with Crippen LogP contribution >= 0.6 is 0 Å². The van der Waals surface area contributed by atoms with E-state index in [4.69, 9.17) is 9.47 Å². The number of carbonyl (C=O) groups excluding carboxylic acids is 1. The van der Waals surface area contributed by atoms with Crippen molar-refractivity contribution in [1.82, 2.24) is 0 Å². The lowest BCUT2D eigenvalue weighted by Gasteiger charge is -2.10. The first kappa shape index (κ1) is 19.3. The molecule has 11 nitrogen and oxygen atoms in total. The fourth-order valence-electron chi connectivity index (χ4n) is 2.13. The monoisotopic (exact) mass is 376 g/mol. The summed E-state index contributed by atoms with van der Waals surface area (Å²) in [6.45, 7) is 1.61. The van der Waals surface area contributed by atoms with Crippen molar-refractivity contribution in [2.24, 2.45) is 0 Å². The minimum atomic E-state index is -1.43. The summed E-state index contributed by atoms with van der Waals surface area (Å²) in [6.07, 6.45) is 0. The van der Waals surface area contributed by atoms with Crippen LogP contribution in [-0.2, 0) is 4.74 Å². The Kier molecular flexibility index (Phi) is 5.65. The normalized spacial score (nSPS) is 10.1. The Morgan fingerprint density at radius 2 is 1.74 bits per heavy atom. The molecule has 11 heteroatoms. The Bertz CT molecular complexity index is 939. The molecule has 0 spiro atoms. The zero-order valence-electron chi connectivity index (χ0n) is 13.8. The van der Waals surface area contributed by atoms with Crippen LogP contribution in [0, 0.1) is 20.2 Å². The first-order valence-corrected chi connectivity index (χ1v) is 7.39. The molecule has 0 unspecified atom stereocenters. The van der Waals surface area contributed by atoms with E-state index in [1.165, 1.54) is 6.07 Å². The van der Waals surface area contributed by atoms with Crippen molar-refractivity contribution in [2.75, 3.05) is 6.61 Å². The van der Waals surface area contributed by atoms with Gasteiger partial charge in [-0.15, -0.1) is 0 Å². The summed E-state index contributed by atoms with van der Waals surface area (Å²) in [6, 6.07) is 6.13. The summed E-state index contributed by atoms with van der Waals surface area (Å²) in [7, 11) is 0. The lowest BCUT2D eigenvalue weighted by molar-refractivity contribution is -0.394. The molecule has 2 aromatic carbocycles. The summed E-state index contributed by atoms with van der Waals surface area (Å²) < 4.78 is 10.1. The molecule has 2 rings (SSSR count). The highest BCUT2D eigenvalue weighted by molar-refractivity contribution is 6.02. The van der Waals surface area contributed by atoms with Crippen LogP contribution in [0.2, 0.25) is 0 Å². The van der Waals surface area contributed by atoms with Crippen LogP contribution in [0.5, 0.6) is 11.5 Å². The smallest absolute Gasteiger partial charge is 0.339 e. The van der Waals surface area contributed by atoms with Gasteiger partial charge in [-0.3, -0.25) is 20.2 Å². The van der Waals surface area contributed by atoms with E-state index in [0.717, 1.165) is 30.3 Å². The zero-order chi connectivity index (χ0) is 20.1. The Morgan fingerprint density at radius 1 is 1.04 bits per heavy atom. The number of esters is 1. The highest BCUT2D eigenvalue weighted by Crippen LogP contribution is 2.35. The Labute approximate surface area is 151 Å². The molecule has 0 amide bonds. The fraction of sp³-hybridized carbons (Fsp3) is 0.125. The molecule has 0 aromatic heterocycles. The van der Waals surface area contributed by atoms with E-state index in [1.807, 2.05) is 0 Å². The molecule has 2 aromatic rings. The van der Waals surface area contributed by atoms with Crippen LogP contribution in [0.4, 0.5) is 11.4 Å². The Hall–Kier alpha value is -4.02. The summed E-state index contributed by atoms with van der Waals surface area (Å²) in [5.41, 5.74) is -1.81. The van der Waals surface area contributed by atoms with Gasteiger partial charge in [-0.05, 0) is 31.2 Å². The van der Waals surface area contributed by atoms with Crippen LogP contribution < -0.4 is 4.74 Å². The summed E-state index contributed by atoms with van der Waals surface area (Å²) in [5, 5.41) is 31.1. The van der Waals surface area contributed by atoms with E-state index in [9.17, 15) is 34.9 Å². The molecule has 0 radical (unpaired) electrons. The quantitative estimate of drug-likeness (QED) is 0.435. The van der Waals surface area contributed by atoms with Crippen molar-refractivity contribution in [1.29, 1.82) is 0 Å². The molecule has 0 heterocycles. The molecular formula is C16H12N2O9. The highest BCUT2D eigenvalue weighted by Gasteiger charge is 2.23. The number of benzene rings is 2. The van der Waals surface area contributed by atoms with Crippen molar-refractivity contribution in [3.63, 3.8) is 0 Å². The highest BCUT2D eigenvalue weighted by atomic mass is 16.6. The molecule has 0 fully saturated rings. The fourth-order valence-corrected chi connectivity index (χ4v) is 2.13. The van der Waals surface area contributed by atoms with Crippen molar-refractivity contribution in [3.05, 3.63) is 67.8 Å². The van der Waals surface area contributed by atoms with Gasteiger partial charge in [0.25, 0.3) is 5.69 Å². The first-order valence-electron chi connectivity index (χ1n) is 7.39. The number of carboxylic acid groups (broad SMARTS) is 1. The number of ether oxygens (including phenoxy) is 2. The van der Waals surface area contributed by atoms with Gasteiger partial charge in [-0.25, -0.2) is 9.59 Å². The van der Waals surface area contributed by atoms with Crippen molar-refractivity contribution in [2.45, 2.75) is 6.92 Å². The third kappa shape index (κ3) is 4.34. The first-order chi connectivity index (χ1) is 12.7. The van der Waals surface area contributed by atoms with Gasteiger partial charge in [0, 0.05) is 6.07 Å². The molecule has 140 valence electrons. The van der Waals surface area contributed by atoms with E-state index < -0.39 is 38.7 Å². The van der Waals surface area contributed by atoms with Gasteiger partial charge in [0.15, 0.2) is 0 Å². The maximum absolute atomic E-state index is 11.8. The average molecular weight is 376 g/mol. The minimum absolute atomic E-state index is 0.0468. The van der Waals surface area contributed by atoms with Crippen LogP contribution in [0.3, 0.4) is 0 Å². The maximum atomic E-state index is 11.8. The minimum Gasteiger partial charge on any atom is -0.478 e. The van der Waals surface area contributed by atoms with Crippen molar-refractivity contribution >= 4 is 23.3 Å². The number of aromatic carboxylic acids is 1. The number of hydrogen-bond donors (Lipinski definition) is 1. The van der Waals surface area contributed by atoms with E-state index >= 15 is 0 Å². The summed E-state index contributed by atoms with van der Waals surface area (Å²) in [5.74, 6) is -2.72. The molecule has 0 bridgehead atoms. The molecule has 0 saturated heterocycles. The predicted octanol–water partition coefficient (Wildman–Crippen LogP) is 3.17. The molecule has 1 N–H and O–H groups in total. The van der Waals surface area contributed by atoms with Crippen molar-refractivity contribution in [3.8, 4) is 11.5 Å². The van der Waals surface area contributed by atoms with Crippen LogP contribution in [-0.4, -0.2) is 33.5 Å². The van der Waals surface area contributed by atoms with Gasteiger partial charge >= 0.3 is 17.6 Å². The Balaban J connectivity index is 2.44. The standard InChI is InChI=1S/C16H12N2O9/c1-2-26-16(21)11-5-4-10(8-12(11)15(19)20)27-14-6-3-9(17(22)23)7-13(14)18(24)25/h3-8H,2H2,1H3,(H,19,20). The molecular weight excluding hydrogens is 364 g/mol. The average Bonchev–Trinajstić information content (AvgIpc) is 2.61. The van der Waals surface area contributed by atoms with Gasteiger partial charge in [0.05, 0.1) is 33.6 Å². The second-order valence-corrected chi connectivity index (χ2v) is 5.00. The number of nitro benzene ring substituents is 2. The molecule has 0 saturated carbocycles. The van der Waals surface area contributed by atoms with Crippen LogP contribution in [0.1, 0.15) is 27.6 Å². The number of rotatable bonds is 7. The summed E-state index contributed by atoms with van der Waals surface area (Å²) >= 11 is 0. The largest absolute Gasteiger partial charge is 0.478 e. The number of hydrogen-bond acceptors (Lipinski definition) is 8. The number of carboxylic acids is 1. The van der Waals surface area contributed by atoms with Gasteiger partial charge in [-0.2, -0.15) is 0 Å². The Morgan fingerprint density at radius 3 is 2.30 bits per heavy atom. The lowest BCUT2D eigenvalue weighted by atomic mass is 10.1. The lowest BCUT2D eigenvalue weighted by Crippen LogP contribution is -2.11. The van der Waals surface area contributed by atoms with E-state index in [2.05, 4.69) is 0 Å². The molecule has 0 aliphatic rings. The number of nitrogens with zero attached hydrogens (tertiary/aromatic N) is 2. The second kappa shape index (κ2) is 7.91. The number of non-ortho nitro benzene ring substituents is 1. The van der Waals surface area contributed by atoms with E-state index in [0.29, 0.717) is 0 Å². The number of carbonyl (C=O) groups is 2. The number of nitro groups is 2. The summed E-state index contributed by atoms with van der Waals surface area (Å²) in [4.78, 5) is 43.4. The maximum Gasteiger partial charge on any atom is 0.339 e. The van der Waals surface area contributed by atoms with Gasteiger partial charge in [-0.1, -0.05) is 0 Å². The molecule has 0 aliphatic carbocycles. The molecule has 27 heavy (non-hydrogen) atoms. The third-order valence-corrected chi connectivity index (χ3v) is 3.29. The third-order valence-electron chi connectivity index (χ3n) is 3.29. The molecule has 0 aliphatic heterocycles. The predicted molar refractivity (Wildman–Crippen MR) is 89.2 cm³/mol. The SMILES string of the molecule is CCOC(=O)c1ccc(Oc2ccc([N+](=O)[O-])cc2[N+](=O)[O-])cc1C(=O)O. The van der Waals surface area contributed by atoms with Gasteiger partial charge in [0.2, 0.25) is 5.75 Å². The van der Waals surface area contributed by atoms with Crippen molar-refractivity contribution < 1.29 is 34.0 Å². The van der Waals surface area contributed by atoms with E-state index in [-0.39, 0.29) is 23.7 Å². The zero-order valence-corrected chi connectivity index (χ0v) is 13.8.